The summed E-state index contributed by atoms with van der Waals surface area (Å²) in [5, 5.41) is 10.1. The number of urea groups is 1. The molecule has 0 aromatic rings. The zero-order valence-corrected chi connectivity index (χ0v) is 12.2. The highest BCUT2D eigenvalue weighted by Crippen LogP contribution is 2.24. The van der Waals surface area contributed by atoms with Gasteiger partial charge in [0.1, 0.15) is 0 Å². The third-order valence-electron chi connectivity index (χ3n) is 4.46. The van der Waals surface area contributed by atoms with Crippen LogP contribution in [-0.4, -0.2) is 58.6 Å². The summed E-state index contributed by atoms with van der Waals surface area (Å²) in [4.78, 5) is 27.2. The van der Waals surface area contributed by atoms with Crippen LogP contribution in [-0.2, 0) is 4.79 Å². The number of nitrogens with zero attached hydrogens (tertiary/aromatic N) is 2. The van der Waals surface area contributed by atoms with Gasteiger partial charge in [-0.2, -0.15) is 0 Å². The van der Waals surface area contributed by atoms with Crippen LogP contribution in [0.4, 0.5) is 4.79 Å². The van der Waals surface area contributed by atoms with E-state index in [2.05, 4.69) is 0 Å². The molecular weight excluding hydrogens is 258 g/mol. The number of piperidine rings is 1. The fourth-order valence-corrected chi connectivity index (χ4v) is 3.12. The Morgan fingerprint density at radius 2 is 1.85 bits per heavy atom. The molecule has 0 aromatic heterocycles. The predicted molar refractivity (Wildman–Crippen MR) is 74.9 cm³/mol. The van der Waals surface area contributed by atoms with Gasteiger partial charge in [-0.3, -0.25) is 4.79 Å². The maximum atomic E-state index is 12.6. The molecule has 0 aromatic carbocycles. The van der Waals surface area contributed by atoms with Crippen molar-refractivity contribution in [1.29, 1.82) is 0 Å². The standard InChI is InChI=1S/C14H25N3O3/c1-14(20)5-3-8-16(9-6-14)12(18)11-4-2-7-17(10-11)13(15)19/h11,20H,2-10H2,1H3,(H2,15,19). The lowest BCUT2D eigenvalue weighted by molar-refractivity contribution is -0.137. The highest BCUT2D eigenvalue weighted by molar-refractivity contribution is 5.80. The molecule has 0 spiro atoms. The minimum absolute atomic E-state index is 0.105. The van der Waals surface area contributed by atoms with Crippen molar-refractivity contribution in [2.45, 2.75) is 44.6 Å². The second-order valence-electron chi connectivity index (χ2n) is 6.30. The summed E-state index contributed by atoms with van der Waals surface area (Å²) in [5.41, 5.74) is 4.63. The Bertz CT molecular complexity index is 384. The average molecular weight is 283 g/mol. The molecule has 0 saturated carbocycles. The fraction of sp³-hybridized carbons (Fsp3) is 0.857. The SMILES string of the molecule is CC1(O)CCCN(C(=O)C2CCCN(C(N)=O)C2)CC1. The highest BCUT2D eigenvalue weighted by atomic mass is 16.3. The van der Waals surface area contributed by atoms with Gasteiger partial charge >= 0.3 is 6.03 Å². The molecule has 2 saturated heterocycles. The zero-order valence-electron chi connectivity index (χ0n) is 12.2. The monoisotopic (exact) mass is 283 g/mol. The van der Waals surface area contributed by atoms with Crippen molar-refractivity contribution < 1.29 is 14.7 Å². The largest absolute Gasteiger partial charge is 0.390 e. The molecule has 2 unspecified atom stereocenters. The molecule has 114 valence electrons. The Balaban J connectivity index is 1.95. The second-order valence-corrected chi connectivity index (χ2v) is 6.30. The van der Waals surface area contributed by atoms with Crippen LogP contribution < -0.4 is 5.73 Å². The molecule has 2 rings (SSSR count). The first kappa shape index (κ1) is 15.1. The Labute approximate surface area is 119 Å². The molecule has 6 nitrogen and oxygen atoms in total. The van der Waals surface area contributed by atoms with Crippen molar-refractivity contribution >= 4 is 11.9 Å². The van der Waals surface area contributed by atoms with Crippen molar-refractivity contribution in [3.05, 3.63) is 0 Å². The number of amides is 3. The van der Waals surface area contributed by atoms with Crippen LogP contribution in [0.25, 0.3) is 0 Å². The topological polar surface area (TPSA) is 86.9 Å². The third kappa shape index (κ3) is 3.62. The summed E-state index contributed by atoms with van der Waals surface area (Å²) in [6.45, 7) is 4.20. The van der Waals surface area contributed by atoms with Gasteiger partial charge in [0.2, 0.25) is 5.91 Å². The molecule has 0 bridgehead atoms. The lowest BCUT2D eigenvalue weighted by Gasteiger charge is -2.34. The molecule has 2 atom stereocenters. The summed E-state index contributed by atoms with van der Waals surface area (Å²) < 4.78 is 0. The first-order valence-corrected chi connectivity index (χ1v) is 7.44. The number of likely N-dealkylation sites (tertiary alicyclic amines) is 2. The summed E-state index contributed by atoms with van der Waals surface area (Å²) in [7, 11) is 0. The lowest BCUT2D eigenvalue weighted by atomic mass is 9.96. The summed E-state index contributed by atoms with van der Waals surface area (Å²) in [6, 6.07) is -0.443. The van der Waals surface area contributed by atoms with E-state index in [-0.39, 0.29) is 11.8 Å². The van der Waals surface area contributed by atoms with E-state index in [1.165, 1.54) is 0 Å². The van der Waals surface area contributed by atoms with Crippen LogP contribution in [0.5, 0.6) is 0 Å². The number of primary amides is 1. The Morgan fingerprint density at radius 3 is 2.55 bits per heavy atom. The predicted octanol–water partition coefficient (Wildman–Crippen LogP) is 0.541. The number of nitrogens with two attached hydrogens (primary N) is 1. The van der Waals surface area contributed by atoms with Crippen molar-refractivity contribution in [2.75, 3.05) is 26.2 Å². The van der Waals surface area contributed by atoms with Gasteiger partial charge in [-0.05, 0) is 39.0 Å². The molecule has 3 N–H and O–H groups in total. The number of carbonyl (C=O) groups excluding carboxylic acids is 2. The van der Waals surface area contributed by atoms with Gasteiger partial charge in [-0.25, -0.2) is 4.79 Å². The van der Waals surface area contributed by atoms with Gasteiger partial charge in [-0.1, -0.05) is 0 Å². The van der Waals surface area contributed by atoms with Crippen LogP contribution in [0.3, 0.4) is 0 Å². The molecule has 6 heteroatoms. The van der Waals surface area contributed by atoms with Crippen LogP contribution in [0.15, 0.2) is 0 Å². The Kier molecular flexibility index (Phi) is 4.52. The van der Waals surface area contributed by atoms with E-state index < -0.39 is 11.6 Å². The maximum absolute atomic E-state index is 12.6. The molecule has 2 heterocycles. The van der Waals surface area contributed by atoms with E-state index >= 15 is 0 Å². The quantitative estimate of drug-likeness (QED) is 0.736. The van der Waals surface area contributed by atoms with Gasteiger partial charge in [0.15, 0.2) is 0 Å². The van der Waals surface area contributed by atoms with E-state index in [0.29, 0.717) is 32.6 Å². The van der Waals surface area contributed by atoms with Gasteiger partial charge in [0.05, 0.1) is 11.5 Å². The number of aliphatic hydroxyl groups is 1. The number of hydrogen-bond donors (Lipinski definition) is 2. The van der Waals surface area contributed by atoms with Crippen LogP contribution in [0.1, 0.15) is 39.0 Å². The average Bonchev–Trinajstić information content (AvgIpc) is 2.59. The van der Waals surface area contributed by atoms with E-state index in [4.69, 9.17) is 5.73 Å². The summed E-state index contributed by atoms with van der Waals surface area (Å²) in [5.74, 6) is -0.0343. The zero-order chi connectivity index (χ0) is 14.8. The molecule has 3 amide bonds. The Hall–Kier alpha value is -1.30. The van der Waals surface area contributed by atoms with Crippen LogP contribution >= 0.6 is 0 Å². The van der Waals surface area contributed by atoms with Crippen molar-refractivity contribution in [1.82, 2.24) is 9.80 Å². The van der Waals surface area contributed by atoms with Gasteiger partial charge in [-0.15, -0.1) is 0 Å². The smallest absolute Gasteiger partial charge is 0.314 e. The van der Waals surface area contributed by atoms with E-state index in [1.807, 2.05) is 11.8 Å². The van der Waals surface area contributed by atoms with Crippen molar-refractivity contribution in [3.63, 3.8) is 0 Å². The molecular formula is C14H25N3O3. The normalized spacial score (nSPS) is 31.8. The highest BCUT2D eigenvalue weighted by Gasteiger charge is 2.33. The van der Waals surface area contributed by atoms with Crippen LogP contribution in [0.2, 0.25) is 0 Å². The van der Waals surface area contributed by atoms with Crippen molar-refractivity contribution in [2.24, 2.45) is 11.7 Å². The Morgan fingerprint density at radius 1 is 1.15 bits per heavy atom. The molecule has 2 aliphatic rings. The van der Waals surface area contributed by atoms with Gasteiger partial charge in [0, 0.05) is 26.2 Å². The van der Waals surface area contributed by atoms with Gasteiger partial charge in [0.25, 0.3) is 0 Å². The molecule has 0 radical (unpaired) electrons. The number of carbonyl (C=O) groups is 2. The minimum atomic E-state index is -0.666. The van der Waals surface area contributed by atoms with E-state index in [1.54, 1.807) is 4.90 Å². The summed E-state index contributed by atoms with van der Waals surface area (Å²) in [6.07, 6.45) is 3.81. The summed E-state index contributed by atoms with van der Waals surface area (Å²) >= 11 is 0. The first-order valence-electron chi connectivity index (χ1n) is 7.44. The molecule has 2 aliphatic heterocycles. The van der Waals surface area contributed by atoms with Crippen molar-refractivity contribution in [3.8, 4) is 0 Å². The number of rotatable bonds is 1. The van der Waals surface area contributed by atoms with E-state index in [9.17, 15) is 14.7 Å². The second kappa shape index (κ2) is 5.99. The van der Waals surface area contributed by atoms with E-state index in [0.717, 1.165) is 25.7 Å². The molecule has 20 heavy (non-hydrogen) atoms. The maximum Gasteiger partial charge on any atom is 0.314 e. The molecule has 2 fully saturated rings. The van der Waals surface area contributed by atoms with Crippen LogP contribution in [0, 0.1) is 5.92 Å². The van der Waals surface area contributed by atoms with Gasteiger partial charge < -0.3 is 20.6 Å². The fourth-order valence-electron chi connectivity index (χ4n) is 3.12. The third-order valence-corrected chi connectivity index (χ3v) is 4.46. The first-order chi connectivity index (χ1) is 9.39. The minimum Gasteiger partial charge on any atom is -0.390 e. The molecule has 0 aliphatic carbocycles. The number of hydrogen-bond acceptors (Lipinski definition) is 3. The lowest BCUT2D eigenvalue weighted by Crippen LogP contribution is -2.48.